The Labute approximate surface area is 411 Å². The monoisotopic (exact) mass is 970 g/mol. The quantitative estimate of drug-likeness (QED) is 0.0759. The summed E-state index contributed by atoms with van der Waals surface area (Å²) in [5.41, 5.74) is 8.12. The first-order valence-electron chi connectivity index (χ1n) is 24.2. The molecular weight excluding hydrogens is 917 g/mol. The van der Waals surface area contributed by atoms with Gasteiger partial charge in [0.1, 0.15) is 0 Å². The van der Waals surface area contributed by atoms with Crippen LogP contribution < -0.4 is 0 Å². The van der Waals surface area contributed by atoms with Gasteiger partial charge < -0.3 is 9.13 Å². The summed E-state index contributed by atoms with van der Waals surface area (Å²) >= 11 is 11.7. The number of unbranched alkanes of at least 4 members (excludes halogenated alkanes) is 10. The molecule has 8 aromatic heterocycles. The lowest BCUT2D eigenvalue weighted by Gasteiger charge is -2.08. The standard InChI is InChI=1S/C58H54N2S6/c1-3-5-7-9-11-17-27-59-43-21-15-13-19-39(43)41-29-37(23-25-45(41)59)47-31-49-51(61-47)33-53(63-49)55-35-57-58(65-55)36-56(66-57)54-34-52-50(64-54)32-48(62-52)38-24-26-46-42(30-38)40-20-14-16-22-44(40)60(46)28-18-12-10-8-6-4-2/h13-16,19-26,29-36H,3-12,17-18,27-28H2,1-2H3. The molecule has 0 atom stereocenters. The molecule has 0 bridgehead atoms. The third-order valence-corrected chi connectivity index (χ3v) is 21.1. The smallest absolute Gasteiger partial charge is 0.0491 e. The van der Waals surface area contributed by atoms with Gasteiger partial charge in [-0.3, -0.25) is 0 Å². The third-order valence-electron chi connectivity index (χ3n) is 13.7. The lowest BCUT2D eigenvalue weighted by molar-refractivity contribution is 0.571. The molecule has 0 radical (unpaired) electrons. The van der Waals surface area contributed by atoms with E-state index in [-0.39, 0.29) is 0 Å². The second-order valence-corrected chi connectivity index (χ2v) is 24.7. The van der Waals surface area contributed by atoms with E-state index in [1.807, 2.05) is 68.0 Å². The Morgan fingerprint density at radius 3 is 1.02 bits per heavy atom. The number of nitrogens with zero attached hydrogens (tertiary/aromatic N) is 2. The van der Waals surface area contributed by atoms with Crippen molar-refractivity contribution in [1.29, 1.82) is 0 Å². The summed E-state index contributed by atoms with van der Waals surface area (Å²) in [4.78, 5) is 8.26. The predicted molar refractivity (Wildman–Crippen MR) is 301 cm³/mol. The number of aromatic nitrogens is 2. The van der Waals surface area contributed by atoms with Crippen LogP contribution in [0.3, 0.4) is 0 Å². The molecule has 12 rings (SSSR count). The molecule has 0 unspecified atom stereocenters. The van der Waals surface area contributed by atoms with Crippen molar-refractivity contribution in [2.45, 2.75) is 104 Å². The van der Waals surface area contributed by atoms with Crippen LogP contribution in [-0.4, -0.2) is 9.13 Å². The SMILES string of the molecule is CCCCCCCCn1c2ccccc2c2cc(-c3cc4sc(-c5cc6sc(-c7cc8sc(-c9ccc%10c(c9)c9ccccc9n%10CCCCCCCC)cc8s7)cc6s5)cc4s3)ccc21. The maximum Gasteiger partial charge on any atom is 0.0491 e. The number of fused-ring (bicyclic) bond motifs is 9. The highest BCUT2D eigenvalue weighted by atomic mass is 32.1. The fraction of sp³-hybridized carbons (Fsp3) is 0.276. The summed E-state index contributed by atoms with van der Waals surface area (Å²) in [5.74, 6) is 0. The molecular formula is C58H54N2S6. The molecule has 66 heavy (non-hydrogen) atoms. The highest BCUT2D eigenvalue weighted by molar-refractivity contribution is 7.36. The average Bonchev–Trinajstić information content (AvgIpc) is 4.21. The van der Waals surface area contributed by atoms with Gasteiger partial charge >= 0.3 is 0 Å². The topological polar surface area (TPSA) is 9.86 Å². The van der Waals surface area contributed by atoms with Gasteiger partial charge in [-0.05, 0) is 96.8 Å². The minimum absolute atomic E-state index is 1.09. The van der Waals surface area contributed by atoms with Gasteiger partial charge in [-0.15, -0.1) is 68.0 Å². The van der Waals surface area contributed by atoms with E-state index in [0.717, 1.165) is 13.1 Å². The first kappa shape index (κ1) is 42.8. The van der Waals surface area contributed by atoms with Crippen LogP contribution in [0.15, 0.2) is 121 Å². The van der Waals surface area contributed by atoms with Crippen molar-refractivity contribution in [2.75, 3.05) is 0 Å². The summed E-state index contributed by atoms with van der Waals surface area (Å²) in [6.07, 6.45) is 15.9. The fourth-order valence-electron chi connectivity index (χ4n) is 10.3. The Morgan fingerprint density at radius 1 is 0.303 bits per heavy atom. The largest absolute Gasteiger partial charge is 0.340 e. The molecule has 4 aromatic carbocycles. The van der Waals surface area contributed by atoms with Crippen LogP contribution in [-0.2, 0) is 13.1 Å². The van der Waals surface area contributed by atoms with Crippen molar-refractivity contribution in [2.24, 2.45) is 0 Å². The molecule has 0 fully saturated rings. The number of para-hydroxylation sites is 2. The zero-order chi connectivity index (χ0) is 44.1. The predicted octanol–water partition coefficient (Wildman–Crippen LogP) is 21.1. The van der Waals surface area contributed by atoms with Crippen LogP contribution in [0, 0.1) is 0 Å². The molecule has 8 heteroatoms. The molecule has 0 aliphatic rings. The summed E-state index contributed by atoms with van der Waals surface area (Å²) in [6, 6.07) is 47.0. The second kappa shape index (κ2) is 18.5. The van der Waals surface area contributed by atoms with E-state index >= 15 is 0 Å². The van der Waals surface area contributed by atoms with Crippen LogP contribution in [0.4, 0.5) is 0 Å². The Morgan fingerprint density at radius 2 is 0.621 bits per heavy atom. The Kier molecular flexibility index (Phi) is 12.0. The van der Waals surface area contributed by atoms with Crippen LogP contribution in [0.2, 0.25) is 0 Å². The number of rotatable bonds is 18. The number of hydrogen-bond acceptors (Lipinski definition) is 6. The Balaban J connectivity index is 0.751. The minimum atomic E-state index is 1.09. The van der Waals surface area contributed by atoms with E-state index in [1.54, 1.807) is 0 Å². The van der Waals surface area contributed by atoms with E-state index < -0.39 is 0 Å². The van der Waals surface area contributed by atoms with Gasteiger partial charge in [0, 0.05) is 114 Å². The Bertz CT molecular complexity index is 3330. The first-order valence-corrected chi connectivity index (χ1v) is 29.1. The molecule has 0 saturated heterocycles. The summed E-state index contributed by atoms with van der Waals surface area (Å²) in [6.45, 7) is 6.77. The summed E-state index contributed by atoms with van der Waals surface area (Å²) in [5, 5.41) is 5.50. The number of thiophene rings is 6. The van der Waals surface area contributed by atoms with Crippen LogP contribution in [0.25, 0.3) is 112 Å². The van der Waals surface area contributed by atoms with E-state index in [4.69, 9.17) is 0 Å². The summed E-state index contributed by atoms with van der Waals surface area (Å²) in [7, 11) is 0. The van der Waals surface area contributed by atoms with Crippen LogP contribution in [0.1, 0.15) is 90.9 Å². The zero-order valence-electron chi connectivity index (χ0n) is 37.8. The van der Waals surface area contributed by atoms with Gasteiger partial charge in [0.15, 0.2) is 0 Å². The van der Waals surface area contributed by atoms with E-state index in [9.17, 15) is 0 Å². The highest BCUT2D eigenvalue weighted by Crippen LogP contribution is 2.50. The lowest BCUT2D eigenvalue weighted by Crippen LogP contribution is -1.97. The number of hydrogen-bond donors (Lipinski definition) is 0. The van der Waals surface area contributed by atoms with E-state index in [1.165, 1.54) is 189 Å². The van der Waals surface area contributed by atoms with Crippen LogP contribution >= 0.6 is 68.0 Å². The highest BCUT2D eigenvalue weighted by Gasteiger charge is 2.19. The summed E-state index contributed by atoms with van der Waals surface area (Å²) < 4.78 is 13.5. The van der Waals surface area contributed by atoms with Gasteiger partial charge in [-0.2, -0.15) is 0 Å². The zero-order valence-corrected chi connectivity index (χ0v) is 42.7. The molecule has 8 heterocycles. The maximum atomic E-state index is 2.57. The van der Waals surface area contributed by atoms with Gasteiger partial charge in [-0.1, -0.05) is 127 Å². The number of aryl methyl sites for hydroxylation is 2. The molecule has 2 nitrogen and oxygen atoms in total. The van der Waals surface area contributed by atoms with Gasteiger partial charge in [-0.25, -0.2) is 0 Å². The van der Waals surface area contributed by atoms with Gasteiger partial charge in [0.05, 0.1) is 0 Å². The Hall–Kier alpha value is -4.54. The van der Waals surface area contributed by atoms with Crippen molar-refractivity contribution in [3.63, 3.8) is 0 Å². The second-order valence-electron chi connectivity index (χ2n) is 18.2. The molecule has 0 aliphatic carbocycles. The molecule has 0 spiro atoms. The maximum absolute atomic E-state index is 2.57. The van der Waals surface area contributed by atoms with Crippen molar-refractivity contribution >= 4 is 140 Å². The molecule has 12 aromatic rings. The third kappa shape index (κ3) is 7.99. The van der Waals surface area contributed by atoms with Gasteiger partial charge in [0.25, 0.3) is 0 Å². The molecule has 0 saturated carbocycles. The van der Waals surface area contributed by atoms with Gasteiger partial charge in [0.2, 0.25) is 0 Å². The average molecular weight is 971 g/mol. The molecule has 0 amide bonds. The van der Waals surface area contributed by atoms with Crippen molar-refractivity contribution in [1.82, 2.24) is 9.13 Å². The molecule has 0 aliphatic heterocycles. The first-order chi connectivity index (χ1) is 32.6. The van der Waals surface area contributed by atoms with Crippen molar-refractivity contribution < 1.29 is 0 Å². The van der Waals surface area contributed by atoms with Crippen molar-refractivity contribution in [3.8, 4) is 40.4 Å². The fourth-order valence-corrected chi connectivity index (χ4v) is 17.6. The minimum Gasteiger partial charge on any atom is -0.340 e. The van der Waals surface area contributed by atoms with E-state index in [2.05, 4.69) is 144 Å². The molecule has 0 N–H and O–H groups in total. The van der Waals surface area contributed by atoms with E-state index in [0.29, 0.717) is 0 Å². The van der Waals surface area contributed by atoms with Crippen LogP contribution in [0.5, 0.6) is 0 Å². The lowest BCUT2D eigenvalue weighted by atomic mass is 10.1. The molecule has 332 valence electrons. The normalized spacial score (nSPS) is 12.3. The van der Waals surface area contributed by atoms with Crippen molar-refractivity contribution in [3.05, 3.63) is 121 Å². The number of benzene rings is 4.